The van der Waals surface area contributed by atoms with Crippen LogP contribution in [0.3, 0.4) is 0 Å². The van der Waals surface area contributed by atoms with Crippen molar-refractivity contribution in [3.05, 3.63) is 290 Å². The van der Waals surface area contributed by atoms with Crippen LogP contribution in [0.25, 0.3) is 5.57 Å². The number of hydrogen-bond donors (Lipinski definition) is 0. The molecule has 10 rings (SSSR count). The Morgan fingerprint density at radius 3 is 1.12 bits per heavy atom. The van der Waals surface area contributed by atoms with Crippen molar-refractivity contribution in [1.29, 1.82) is 0 Å². The van der Waals surface area contributed by atoms with Crippen LogP contribution in [0.4, 0.5) is 32.8 Å². The molecule has 0 saturated heterocycles. The Hall–Kier alpha value is -8.67. The van der Waals surface area contributed by atoms with Crippen molar-refractivity contribution in [2.75, 3.05) is 9.80 Å². The van der Waals surface area contributed by atoms with Gasteiger partial charge in [-0.15, -0.1) is 34.0 Å². The third-order valence-electron chi connectivity index (χ3n) is 12.6. The van der Waals surface area contributed by atoms with Crippen molar-refractivity contribution in [3.8, 4) is 0 Å². The number of Topliss-reactive ketones (excluding diaryl/α,β-unsaturated/α-hetero) is 4. The summed E-state index contributed by atoms with van der Waals surface area (Å²) in [4.78, 5) is 78.0. The third kappa shape index (κ3) is 11.6. The molecule has 3 heterocycles. The lowest BCUT2D eigenvalue weighted by Gasteiger charge is -2.23. The Kier molecular flexibility index (Phi) is 15.3. The maximum atomic E-state index is 14.4. The minimum absolute atomic E-state index is 0.0174. The second-order valence-corrected chi connectivity index (χ2v) is 21.0. The van der Waals surface area contributed by atoms with Crippen LogP contribution >= 0.6 is 34.0 Å². The number of rotatable bonds is 20. The van der Waals surface area contributed by atoms with Crippen molar-refractivity contribution in [1.82, 2.24) is 0 Å². The number of thiophene rings is 3. The lowest BCUT2D eigenvalue weighted by Crippen LogP contribution is -2.13. The first kappa shape index (κ1) is 49.9. The summed E-state index contributed by atoms with van der Waals surface area (Å²) in [5.74, 6) is -2.38. The molecule has 7 aromatic carbocycles. The van der Waals surface area contributed by atoms with Gasteiger partial charge >= 0.3 is 0 Å². The minimum atomic E-state index is -0.561. The molecule has 75 heavy (non-hydrogen) atoms. The largest absolute Gasteiger partial charge is 0.302 e. The van der Waals surface area contributed by atoms with Gasteiger partial charge in [0.2, 0.25) is 0 Å². The van der Waals surface area contributed by atoms with Crippen LogP contribution < -0.4 is 9.80 Å². The average molecular weight is 1030 g/mol. The van der Waals surface area contributed by atoms with Gasteiger partial charge in [0.15, 0.2) is 28.9 Å². The molecule has 0 amide bonds. The quantitative estimate of drug-likeness (QED) is 0.0426. The Labute approximate surface area is 448 Å². The number of benzene rings is 7. The number of hydrogen-bond acceptors (Lipinski definition) is 10. The van der Waals surface area contributed by atoms with Gasteiger partial charge in [0.1, 0.15) is 10.0 Å². The number of nitrogens with zero attached hydrogens (tertiary/aromatic N) is 2. The summed E-state index contributed by atoms with van der Waals surface area (Å²) in [5.41, 5.74) is 6.76. The second-order valence-electron chi connectivity index (χ2n) is 17.8. The lowest BCUT2D eigenvalue weighted by molar-refractivity contribution is 0.0884. The Morgan fingerprint density at radius 2 is 0.733 bits per heavy atom. The Morgan fingerprint density at radius 1 is 0.387 bits per heavy atom. The molecule has 0 radical (unpaired) electrons. The van der Waals surface area contributed by atoms with Gasteiger partial charge in [-0.1, -0.05) is 133 Å². The van der Waals surface area contributed by atoms with Crippen molar-refractivity contribution >= 4 is 101 Å². The molecule has 0 aliphatic heterocycles. The molecule has 10 aromatic rings. The number of ketones is 5. The fourth-order valence-corrected chi connectivity index (χ4v) is 12.1. The van der Waals surface area contributed by atoms with Gasteiger partial charge in [-0.25, -0.2) is 0 Å². The number of allylic oxidation sites excluding steroid dienone is 2. The molecule has 3 aromatic heterocycles. The number of anilines is 6. The van der Waals surface area contributed by atoms with Gasteiger partial charge in [0.05, 0.1) is 22.6 Å². The topological polar surface area (TPSA) is 91.8 Å². The normalized spacial score (nSPS) is 11.3. The first-order valence-electron chi connectivity index (χ1n) is 24.4. The van der Waals surface area contributed by atoms with E-state index in [-0.39, 0.29) is 22.6 Å². The molecule has 0 unspecified atom stereocenters. The molecule has 0 aliphatic carbocycles. The van der Waals surface area contributed by atoms with E-state index in [2.05, 4.69) is 40.1 Å². The van der Waals surface area contributed by atoms with E-state index < -0.39 is 41.8 Å². The van der Waals surface area contributed by atoms with Gasteiger partial charge in [-0.2, -0.15) is 0 Å². The van der Waals surface area contributed by atoms with E-state index in [9.17, 15) is 24.0 Å². The van der Waals surface area contributed by atoms with E-state index in [4.69, 9.17) is 0 Å². The van der Waals surface area contributed by atoms with E-state index in [1.165, 1.54) is 46.9 Å². The summed E-state index contributed by atoms with van der Waals surface area (Å²) in [6.07, 6.45) is 0.505. The van der Waals surface area contributed by atoms with E-state index in [0.29, 0.717) is 15.3 Å². The fraction of sp³-hybridized carbons (Fsp3) is 0.0615. The van der Waals surface area contributed by atoms with Gasteiger partial charge < -0.3 is 9.80 Å². The molecule has 0 atom stereocenters. The predicted octanol–water partition coefficient (Wildman–Crippen LogP) is 17.2. The van der Waals surface area contributed by atoms with Crippen LogP contribution in [-0.4, -0.2) is 28.9 Å². The number of carbonyl (C=O) groups is 5. The molecular formula is C65H48N2O5S3. The zero-order valence-electron chi connectivity index (χ0n) is 40.7. The monoisotopic (exact) mass is 1030 g/mol. The molecular weight excluding hydrogens is 985 g/mol. The molecule has 0 N–H and O–H groups in total. The maximum absolute atomic E-state index is 14.4. The zero-order valence-corrected chi connectivity index (χ0v) is 43.2. The molecule has 7 nitrogen and oxygen atoms in total. The van der Waals surface area contributed by atoms with E-state index in [1.54, 1.807) is 23.5 Å². The number of para-hydroxylation sites is 4. The van der Waals surface area contributed by atoms with Gasteiger partial charge in [0.25, 0.3) is 0 Å². The Bertz CT molecular complexity index is 3380. The SMILES string of the molecule is CC(=CC(=O)c1cc(C(=O)CC(=O)c2ccc(N(c3ccccc3)c3ccccc3)s2)cc(C(=O)CC(=O)c2ccc(N(c3ccccc3)c3ccccc3)s2)c1)c1ccc(C(c2ccccc2)c2ccccc2)s1. The zero-order chi connectivity index (χ0) is 51.7. The smallest absolute Gasteiger partial charge is 0.186 e. The van der Waals surface area contributed by atoms with Gasteiger partial charge in [-0.05, 0) is 133 Å². The van der Waals surface area contributed by atoms with Crippen molar-refractivity contribution in [2.24, 2.45) is 0 Å². The predicted molar refractivity (Wildman–Crippen MR) is 307 cm³/mol. The van der Waals surface area contributed by atoms with Gasteiger partial charge in [0, 0.05) is 55.1 Å². The first-order chi connectivity index (χ1) is 36.7. The second kappa shape index (κ2) is 23.0. The first-order valence-corrected chi connectivity index (χ1v) is 26.8. The van der Waals surface area contributed by atoms with Crippen molar-refractivity contribution in [2.45, 2.75) is 25.7 Å². The summed E-state index contributed by atoms with van der Waals surface area (Å²) in [6.45, 7) is 1.87. The summed E-state index contributed by atoms with van der Waals surface area (Å²) in [5, 5.41) is 1.57. The minimum Gasteiger partial charge on any atom is -0.302 e. The van der Waals surface area contributed by atoms with Crippen LogP contribution in [0.5, 0.6) is 0 Å². The summed E-state index contributed by atoms with van der Waals surface area (Å²) < 4.78 is 0. The van der Waals surface area contributed by atoms with Crippen LogP contribution in [0, 0.1) is 0 Å². The highest BCUT2D eigenvalue weighted by molar-refractivity contribution is 7.18. The maximum Gasteiger partial charge on any atom is 0.186 e. The highest BCUT2D eigenvalue weighted by Crippen LogP contribution is 2.42. The molecule has 0 saturated carbocycles. The highest BCUT2D eigenvalue weighted by atomic mass is 32.1. The van der Waals surface area contributed by atoms with E-state index in [0.717, 1.165) is 53.6 Å². The molecule has 0 spiro atoms. The molecule has 10 heteroatoms. The molecule has 366 valence electrons. The fourth-order valence-electron chi connectivity index (χ4n) is 8.96. The molecule has 0 aliphatic rings. The average Bonchev–Trinajstić information content (AvgIpc) is 4.27. The number of carbonyl (C=O) groups excluding carboxylic acids is 5. The Balaban J connectivity index is 0.939. The summed E-state index contributed by atoms with van der Waals surface area (Å²) in [7, 11) is 0. The highest BCUT2D eigenvalue weighted by Gasteiger charge is 2.25. The summed E-state index contributed by atoms with van der Waals surface area (Å²) >= 11 is 4.14. The van der Waals surface area contributed by atoms with Crippen LogP contribution in [-0.2, 0) is 0 Å². The van der Waals surface area contributed by atoms with Crippen molar-refractivity contribution in [3.63, 3.8) is 0 Å². The van der Waals surface area contributed by atoms with Crippen LogP contribution in [0.1, 0.15) is 97.0 Å². The lowest BCUT2D eigenvalue weighted by atomic mass is 9.90. The van der Waals surface area contributed by atoms with E-state index in [1.807, 2.05) is 183 Å². The van der Waals surface area contributed by atoms with E-state index >= 15 is 0 Å². The molecule has 0 fully saturated rings. The van der Waals surface area contributed by atoms with Crippen molar-refractivity contribution < 1.29 is 24.0 Å². The summed E-state index contributed by atoms with van der Waals surface area (Å²) in [6, 6.07) is 75.4. The standard InChI is InChI=1S/C65H48N2O5S3/c1-44(59-32-33-62(73-59)65(45-20-8-2-9-21-45)46-22-10-3-11-23-46)38-54(68)47-39-48(55(69)42-57(71)60-34-36-63(74-60)66(50-24-12-4-13-25-50)51-26-14-5-15-27-51)41-49(40-47)56(70)43-58(72)61-35-37-64(75-61)67(52-28-16-6-17-29-52)53-30-18-7-19-31-53/h2-41,65H,42-43H2,1H3. The van der Waals surface area contributed by atoms with Crippen LogP contribution in [0.2, 0.25) is 0 Å². The van der Waals surface area contributed by atoms with Crippen LogP contribution in [0.15, 0.2) is 243 Å². The van der Waals surface area contributed by atoms with Gasteiger partial charge in [-0.3, -0.25) is 24.0 Å². The molecule has 0 bridgehead atoms. The third-order valence-corrected chi connectivity index (χ3v) is 16.2.